The molecule has 0 aliphatic rings. The minimum Gasteiger partial charge on any atom is -0.494 e. The fourth-order valence-electron chi connectivity index (χ4n) is 1.86. The SMILES string of the molecule is CCc1cccc(OCCC(NC(C)C)C(N)=O)c1. The number of aryl methyl sites for hydroxylation is 1. The van der Waals surface area contributed by atoms with Gasteiger partial charge >= 0.3 is 0 Å². The zero-order chi connectivity index (χ0) is 14.3. The highest BCUT2D eigenvalue weighted by molar-refractivity contribution is 5.79. The van der Waals surface area contributed by atoms with E-state index in [1.165, 1.54) is 5.56 Å². The van der Waals surface area contributed by atoms with Crippen molar-refractivity contribution < 1.29 is 9.53 Å². The minimum atomic E-state index is -0.339. The average Bonchev–Trinajstić information content (AvgIpc) is 2.37. The third kappa shape index (κ3) is 5.75. The molecule has 0 aliphatic carbocycles. The molecule has 1 unspecified atom stereocenters. The van der Waals surface area contributed by atoms with Crippen molar-refractivity contribution in [2.24, 2.45) is 5.73 Å². The summed E-state index contributed by atoms with van der Waals surface area (Å²) >= 11 is 0. The highest BCUT2D eigenvalue weighted by Gasteiger charge is 2.15. The Labute approximate surface area is 115 Å². The summed E-state index contributed by atoms with van der Waals surface area (Å²) in [5, 5.41) is 3.13. The lowest BCUT2D eigenvalue weighted by Crippen LogP contribution is -2.45. The number of nitrogens with two attached hydrogens (primary N) is 1. The van der Waals surface area contributed by atoms with Gasteiger partial charge in [-0.15, -0.1) is 0 Å². The molecule has 0 radical (unpaired) electrons. The van der Waals surface area contributed by atoms with E-state index in [4.69, 9.17) is 10.5 Å². The molecule has 0 aromatic heterocycles. The zero-order valence-electron chi connectivity index (χ0n) is 12.0. The van der Waals surface area contributed by atoms with Crippen molar-refractivity contribution in [1.29, 1.82) is 0 Å². The molecule has 0 saturated carbocycles. The van der Waals surface area contributed by atoms with Crippen molar-refractivity contribution >= 4 is 5.91 Å². The summed E-state index contributed by atoms with van der Waals surface area (Å²) in [5.41, 5.74) is 6.59. The highest BCUT2D eigenvalue weighted by atomic mass is 16.5. The third-order valence-corrected chi connectivity index (χ3v) is 2.86. The second-order valence-electron chi connectivity index (χ2n) is 4.91. The van der Waals surface area contributed by atoms with Crippen molar-refractivity contribution in [3.8, 4) is 5.75 Å². The molecule has 0 spiro atoms. The summed E-state index contributed by atoms with van der Waals surface area (Å²) in [5.74, 6) is 0.506. The first-order chi connectivity index (χ1) is 9.02. The van der Waals surface area contributed by atoms with E-state index in [0.717, 1.165) is 12.2 Å². The van der Waals surface area contributed by atoms with Gasteiger partial charge in [-0.05, 0) is 24.1 Å². The van der Waals surface area contributed by atoms with Gasteiger partial charge in [0.2, 0.25) is 5.91 Å². The van der Waals surface area contributed by atoms with Crippen molar-refractivity contribution in [2.45, 2.75) is 45.7 Å². The maximum atomic E-state index is 11.3. The molecular weight excluding hydrogens is 240 g/mol. The number of rotatable bonds is 8. The van der Waals surface area contributed by atoms with Crippen LogP contribution in [0.5, 0.6) is 5.75 Å². The number of nitrogens with one attached hydrogen (secondary N) is 1. The monoisotopic (exact) mass is 264 g/mol. The normalized spacial score (nSPS) is 12.4. The van der Waals surface area contributed by atoms with Crippen LogP contribution in [0, 0.1) is 0 Å². The first kappa shape index (κ1) is 15.5. The predicted molar refractivity (Wildman–Crippen MR) is 77.2 cm³/mol. The Kier molecular flexibility index (Phi) is 6.36. The predicted octanol–water partition coefficient (Wildman–Crippen LogP) is 1.87. The van der Waals surface area contributed by atoms with E-state index in [9.17, 15) is 4.79 Å². The lowest BCUT2D eigenvalue weighted by Gasteiger charge is -2.18. The lowest BCUT2D eigenvalue weighted by atomic mass is 10.1. The van der Waals surface area contributed by atoms with Crippen LogP contribution >= 0.6 is 0 Å². The second-order valence-corrected chi connectivity index (χ2v) is 4.91. The molecule has 4 heteroatoms. The topological polar surface area (TPSA) is 64.3 Å². The first-order valence-corrected chi connectivity index (χ1v) is 6.80. The maximum Gasteiger partial charge on any atom is 0.234 e. The molecule has 1 rings (SSSR count). The number of benzene rings is 1. The molecule has 19 heavy (non-hydrogen) atoms. The first-order valence-electron chi connectivity index (χ1n) is 6.80. The molecule has 0 fully saturated rings. The van der Waals surface area contributed by atoms with Crippen LogP contribution in [-0.2, 0) is 11.2 Å². The van der Waals surface area contributed by atoms with Crippen molar-refractivity contribution in [3.05, 3.63) is 29.8 Å². The van der Waals surface area contributed by atoms with Gasteiger partial charge in [-0.2, -0.15) is 0 Å². The van der Waals surface area contributed by atoms with Gasteiger partial charge in [0.15, 0.2) is 0 Å². The van der Waals surface area contributed by atoms with E-state index in [2.05, 4.69) is 18.3 Å². The number of carbonyl (C=O) groups is 1. The molecule has 0 saturated heterocycles. The number of primary amides is 1. The van der Waals surface area contributed by atoms with Crippen LogP contribution in [0.25, 0.3) is 0 Å². The van der Waals surface area contributed by atoms with Crippen LogP contribution in [0.3, 0.4) is 0 Å². The average molecular weight is 264 g/mol. The van der Waals surface area contributed by atoms with E-state index in [1.807, 2.05) is 32.0 Å². The largest absolute Gasteiger partial charge is 0.494 e. The fraction of sp³-hybridized carbons (Fsp3) is 0.533. The van der Waals surface area contributed by atoms with Gasteiger partial charge in [-0.3, -0.25) is 4.79 Å². The lowest BCUT2D eigenvalue weighted by molar-refractivity contribution is -0.120. The van der Waals surface area contributed by atoms with Crippen molar-refractivity contribution in [1.82, 2.24) is 5.32 Å². The maximum absolute atomic E-state index is 11.3. The van der Waals surface area contributed by atoms with Crippen molar-refractivity contribution in [3.63, 3.8) is 0 Å². The van der Waals surface area contributed by atoms with E-state index < -0.39 is 0 Å². The van der Waals surface area contributed by atoms with E-state index in [1.54, 1.807) is 0 Å². The summed E-state index contributed by atoms with van der Waals surface area (Å²) in [7, 11) is 0. The molecule has 4 nitrogen and oxygen atoms in total. The number of carbonyl (C=O) groups excluding carboxylic acids is 1. The Morgan fingerprint density at radius 1 is 1.42 bits per heavy atom. The van der Waals surface area contributed by atoms with E-state index in [-0.39, 0.29) is 18.0 Å². The fourth-order valence-corrected chi connectivity index (χ4v) is 1.86. The van der Waals surface area contributed by atoms with E-state index >= 15 is 0 Å². The van der Waals surface area contributed by atoms with Gasteiger partial charge in [-0.1, -0.05) is 32.9 Å². The molecule has 1 amide bonds. The molecule has 0 aliphatic heterocycles. The standard InChI is InChI=1S/C15H24N2O2/c1-4-12-6-5-7-13(10-12)19-9-8-14(15(16)18)17-11(2)3/h5-7,10-11,14,17H,4,8-9H2,1-3H3,(H2,16,18). The van der Waals surface area contributed by atoms with Crippen LogP contribution in [-0.4, -0.2) is 24.6 Å². The Balaban J connectivity index is 2.44. The number of amides is 1. The summed E-state index contributed by atoms with van der Waals surface area (Å²) < 4.78 is 5.66. The van der Waals surface area contributed by atoms with Gasteiger partial charge in [0.25, 0.3) is 0 Å². The summed E-state index contributed by atoms with van der Waals surface area (Å²) in [6.07, 6.45) is 1.56. The quantitative estimate of drug-likeness (QED) is 0.753. The molecule has 3 N–H and O–H groups in total. The number of ether oxygens (including phenoxy) is 1. The van der Waals surface area contributed by atoms with Gasteiger partial charge in [0.05, 0.1) is 12.6 Å². The molecule has 106 valence electrons. The molecule has 0 heterocycles. The van der Waals surface area contributed by atoms with Gasteiger partial charge in [0, 0.05) is 12.5 Å². The molecular formula is C15H24N2O2. The minimum absolute atomic E-state index is 0.223. The smallest absolute Gasteiger partial charge is 0.234 e. The molecule has 1 aromatic rings. The Morgan fingerprint density at radius 2 is 2.16 bits per heavy atom. The van der Waals surface area contributed by atoms with Crippen LogP contribution in [0.4, 0.5) is 0 Å². The molecule has 1 aromatic carbocycles. The van der Waals surface area contributed by atoms with Crippen molar-refractivity contribution in [2.75, 3.05) is 6.61 Å². The second kappa shape index (κ2) is 7.79. The van der Waals surface area contributed by atoms with Gasteiger partial charge in [-0.25, -0.2) is 0 Å². The van der Waals surface area contributed by atoms with Crippen LogP contribution in [0.1, 0.15) is 32.8 Å². The molecule has 0 bridgehead atoms. The van der Waals surface area contributed by atoms with Crippen LogP contribution < -0.4 is 15.8 Å². The van der Waals surface area contributed by atoms with Crippen LogP contribution in [0.2, 0.25) is 0 Å². The third-order valence-electron chi connectivity index (χ3n) is 2.86. The van der Waals surface area contributed by atoms with E-state index in [0.29, 0.717) is 13.0 Å². The number of hydrogen-bond acceptors (Lipinski definition) is 3. The summed E-state index contributed by atoms with van der Waals surface area (Å²) in [6, 6.07) is 7.88. The Hall–Kier alpha value is -1.55. The zero-order valence-corrected chi connectivity index (χ0v) is 12.0. The summed E-state index contributed by atoms with van der Waals surface area (Å²) in [6.45, 7) is 6.55. The van der Waals surface area contributed by atoms with Gasteiger partial charge < -0.3 is 15.8 Å². The Bertz CT molecular complexity index is 405. The highest BCUT2D eigenvalue weighted by Crippen LogP contribution is 2.14. The number of hydrogen-bond donors (Lipinski definition) is 2. The summed E-state index contributed by atoms with van der Waals surface area (Å²) in [4.78, 5) is 11.3. The van der Waals surface area contributed by atoms with Gasteiger partial charge in [0.1, 0.15) is 5.75 Å². The van der Waals surface area contributed by atoms with Crippen LogP contribution in [0.15, 0.2) is 24.3 Å². The Morgan fingerprint density at radius 3 is 2.74 bits per heavy atom. The molecule has 1 atom stereocenters.